The third-order valence-electron chi connectivity index (χ3n) is 3.98. The van der Waals surface area contributed by atoms with Gasteiger partial charge in [0.15, 0.2) is 0 Å². The molecule has 6 heteroatoms. The molecule has 25 heavy (non-hydrogen) atoms. The maximum absolute atomic E-state index is 12.3. The molecule has 1 aliphatic carbocycles. The molecule has 1 fully saturated rings. The lowest BCUT2D eigenvalue weighted by molar-refractivity contribution is -0.114. The number of amides is 2. The number of anilines is 2. The molecule has 0 aromatic heterocycles. The zero-order valence-corrected chi connectivity index (χ0v) is 14.7. The minimum Gasteiger partial charge on any atom is -0.376 e. The van der Waals surface area contributed by atoms with Crippen LogP contribution in [0.15, 0.2) is 42.5 Å². The molecule has 0 saturated heterocycles. The lowest BCUT2D eigenvalue weighted by Gasteiger charge is -2.12. The van der Waals surface area contributed by atoms with E-state index in [9.17, 15) is 9.59 Å². The van der Waals surface area contributed by atoms with Gasteiger partial charge < -0.3 is 16.0 Å². The SMILES string of the molecule is Cc1ccc(NC(=O)CNc2ccccc2C(=O)NC2CC2)cc1Cl. The van der Waals surface area contributed by atoms with Gasteiger partial charge in [-0.2, -0.15) is 0 Å². The van der Waals surface area contributed by atoms with Crippen LogP contribution in [-0.2, 0) is 4.79 Å². The monoisotopic (exact) mass is 357 g/mol. The average Bonchev–Trinajstić information content (AvgIpc) is 3.40. The van der Waals surface area contributed by atoms with Crippen LogP contribution >= 0.6 is 11.6 Å². The van der Waals surface area contributed by atoms with Gasteiger partial charge in [-0.15, -0.1) is 0 Å². The highest BCUT2D eigenvalue weighted by Gasteiger charge is 2.24. The van der Waals surface area contributed by atoms with E-state index in [-0.39, 0.29) is 24.4 Å². The summed E-state index contributed by atoms with van der Waals surface area (Å²) < 4.78 is 0. The molecule has 1 aliphatic rings. The van der Waals surface area contributed by atoms with Crippen LogP contribution in [0.1, 0.15) is 28.8 Å². The largest absolute Gasteiger partial charge is 0.376 e. The Morgan fingerprint density at radius 2 is 1.92 bits per heavy atom. The van der Waals surface area contributed by atoms with Crippen molar-refractivity contribution in [1.82, 2.24) is 5.32 Å². The number of para-hydroxylation sites is 1. The van der Waals surface area contributed by atoms with Crippen molar-refractivity contribution in [1.29, 1.82) is 0 Å². The van der Waals surface area contributed by atoms with Gasteiger partial charge in [0.25, 0.3) is 5.91 Å². The van der Waals surface area contributed by atoms with Crippen LogP contribution < -0.4 is 16.0 Å². The summed E-state index contributed by atoms with van der Waals surface area (Å²) in [7, 11) is 0. The van der Waals surface area contributed by atoms with Crippen molar-refractivity contribution in [2.24, 2.45) is 0 Å². The van der Waals surface area contributed by atoms with Crippen molar-refractivity contribution in [3.05, 3.63) is 58.6 Å². The number of rotatable bonds is 6. The Labute approximate surface area is 151 Å². The molecule has 5 nitrogen and oxygen atoms in total. The molecular formula is C19H20ClN3O2. The van der Waals surface area contributed by atoms with Crippen LogP contribution in [0.2, 0.25) is 5.02 Å². The summed E-state index contributed by atoms with van der Waals surface area (Å²) in [6.45, 7) is 1.96. The van der Waals surface area contributed by atoms with Gasteiger partial charge in [0.05, 0.1) is 12.1 Å². The molecule has 0 spiro atoms. The zero-order valence-electron chi connectivity index (χ0n) is 13.9. The number of benzene rings is 2. The number of carbonyl (C=O) groups excluding carboxylic acids is 2. The van der Waals surface area contributed by atoms with Gasteiger partial charge in [-0.25, -0.2) is 0 Å². The number of nitrogens with one attached hydrogen (secondary N) is 3. The van der Waals surface area contributed by atoms with Crippen LogP contribution in [-0.4, -0.2) is 24.4 Å². The third-order valence-corrected chi connectivity index (χ3v) is 4.39. The van der Waals surface area contributed by atoms with Crippen molar-refractivity contribution in [2.45, 2.75) is 25.8 Å². The molecule has 0 heterocycles. The fourth-order valence-corrected chi connectivity index (χ4v) is 2.56. The number of hydrogen-bond acceptors (Lipinski definition) is 3. The maximum atomic E-state index is 12.3. The number of aryl methyl sites for hydroxylation is 1. The van der Waals surface area contributed by atoms with E-state index in [1.807, 2.05) is 19.1 Å². The summed E-state index contributed by atoms with van der Waals surface area (Å²) in [6, 6.07) is 12.8. The summed E-state index contributed by atoms with van der Waals surface area (Å²) in [6.07, 6.45) is 2.06. The van der Waals surface area contributed by atoms with E-state index in [0.29, 0.717) is 22.0 Å². The Morgan fingerprint density at radius 1 is 1.16 bits per heavy atom. The molecule has 3 rings (SSSR count). The lowest BCUT2D eigenvalue weighted by atomic mass is 10.1. The minimum atomic E-state index is -0.211. The van der Waals surface area contributed by atoms with E-state index in [0.717, 1.165) is 18.4 Å². The molecule has 0 radical (unpaired) electrons. The predicted octanol–water partition coefficient (Wildman–Crippen LogP) is 3.59. The molecule has 3 N–H and O–H groups in total. The second kappa shape index (κ2) is 7.57. The van der Waals surface area contributed by atoms with Gasteiger partial charge in [-0.1, -0.05) is 29.8 Å². The highest BCUT2D eigenvalue weighted by molar-refractivity contribution is 6.31. The quantitative estimate of drug-likeness (QED) is 0.740. The number of halogens is 1. The molecule has 130 valence electrons. The zero-order chi connectivity index (χ0) is 17.8. The van der Waals surface area contributed by atoms with Crippen molar-refractivity contribution in [3.63, 3.8) is 0 Å². The summed E-state index contributed by atoms with van der Waals surface area (Å²) in [5, 5.41) is 9.37. The second-order valence-electron chi connectivity index (χ2n) is 6.16. The second-order valence-corrected chi connectivity index (χ2v) is 6.57. The third kappa shape index (κ3) is 4.73. The molecule has 0 unspecified atom stereocenters. The van der Waals surface area contributed by atoms with Crippen molar-refractivity contribution >= 4 is 34.8 Å². The van der Waals surface area contributed by atoms with Gasteiger partial charge in [-0.3, -0.25) is 9.59 Å². The Hall–Kier alpha value is -2.53. The van der Waals surface area contributed by atoms with E-state index < -0.39 is 0 Å². The fourth-order valence-electron chi connectivity index (χ4n) is 2.38. The van der Waals surface area contributed by atoms with E-state index in [1.54, 1.807) is 30.3 Å². The fraction of sp³-hybridized carbons (Fsp3) is 0.263. The first-order valence-corrected chi connectivity index (χ1v) is 8.60. The Kier molecular flexibility index (Phi) is 5.24. The van der Waals surface area contributed by atoms with E-state index in [2.05, 4.69) is 16.0 Å². The molecule has 0 bridgehead atoms. The lowest BCUT2D eigenvalue weighted by Crippen LogP contribution is -2.27. The molecule has 2 aromatic rings. The van der Waals surface area contributed by atoms with Crippen LogP contribution in [0.4, 0.5) is 11.4 Å². The first-order chi connectivity index (χ1) is 12.0. The van der Waals surface area contributed by atoms with E-state index in [1.165, 1.54) is 0 Å². The van der Waals surface area contributed by atoms with Gasteiger partial charge in [0.2, 0.25) is 5.91 Å². The highest BCUT2D eigenvalue weighted by Crippen LogP contribution is 2.22. The first-order valence-electron chi connectivity index (χ1n) is 8.22. The number of carbonyl (C=O) groups is 2. The van der Waals surface area contributed by atoms with E-state index >= 15 is 0 Å². The van der Waals surface area contributed by atoms with Crippen LogP contribution in [0.3, 0.4) is 0 Å². The van der Waals surface area contributed by atoms with Crippen LogP contribution in [0, 0.1) is 6.92 Å². The Morgan fingerprint density at radius 3 is 2.64 bits per heavy atom. The van der Waals surface area contributed by atoms with Crippen molar-refractivity contribution < 1.29 is 9.59 Å². The predicted molar refractivity (Wildman–Crippen MR) is 100 cm³/mol. The molecule has 0 aliphatic heterocycles. The topological polar surface area (TPSA) is 70.2 Å². The van der Waals surface area contributed by atoms with Crippen LogP contribution in [0.5, 0.6) is 0 Å². The standard InChI is InChI=1S/C19H20ClN3O2/c1-12-6-7-14(10-16(12)20)22-18(24)11-21-17-5-3-2-4-15(17)19(25)23-13-8-9-13/h2-7,10,13,21H,8-9,11H2,1H3,(H,22,24)(H,23,25). The molecule has 1 saturated carbocycles. The smallest absolute Gasteiger partial charge is 0.253 e. The van der Waals surface area contributed by atoms with E-state index in [4.69, 9.17) is 11.6 Å². The molecule has 2 amide bonds. The van der Waals surface area contributed by atoms with Gasteiger partial charge in [-0.05, 0) is 49.6 Å². The summed E-state index contributed by atoms with van der Waals surface area (Å²) in [5.74, 6) is -0.325. The van der Waals surface area contributed by atoms with Crippen molar-refractivity contribution in [2.75, 3.05) is 17.2 Å². The molecule has 2 aromatic carbocycles. The highest BCUT2D eigenvalue weighted by atomic mass is 35.5. The summed E-state index contributed by atoms with van der Waals surface area (Å²) in [4.78, 5) is 24.4. The van der Waals surface area contributed by atoms with Gasteiger partial charge in [0.1, 0.15) is 0 Å². The van der Waals surface area contributed by atoms with Gasteiger partial charge in [0, 0.05) is 22.4 Å². The summed E-state index contributed by atoms with van der Waals surface area (Å²) >= 11 is 6.06. The average molecular weight is 358 g/mol. The van der Waals surface area contributed by atoms with Crippen molar-refractivity contribution in [3.8, 4) is 0 Å². The molecular weight excluding hydrogens is 338 g/mol. The maximum Gasteiger partial charge on any atom is 0.253 e. The summed E-state index contributed by atoms with van der Waals surface area (Å²) in [5.41, 5.74) is 2.77. The normalized spacial score (nSPS) is 13.2. The Balaban J connectivity index is 1.59. The minimum absolute atomic E-state index is 0.0548. The molecule has 0 atom stereocenters. The Bertz CT molecular complexity index is 803. The van der Waals surface area contributed by atoms with Gasteiger partial charge >= 0.3 is 0 Å². The number of hydrogen-bond donors (Lipinski definition) is 3. The first kappa shape index (κ1) is 17.3. The van der Waals surface area contributed by atoms with Crippen LogP contribution in [0.25, 0.3) is 0 Å².